The molecule has 0 bridgehead atoms. The average Bonchev–Trinajstić information content (AvgIpc) is 2.89. The monoisotopic (exact) mass is 322 g/mol. The van der Waals surface area contributed by atoms with Gasteiger partial charge in [0.2, 0.25) is 0 Å². The van der Waals surface area contributed by atoms with E-state index in [4.69, 9.17) is 23.2 Å². The number of nitrogens with one attached hydrogen (secondary N) is 1. The van der Waals surface area contributed by atoms with E-state index in [-0.39, 0.29) is 5.91 Å². The van der Waals surface area contributed by atoms with Crippen molar-refractivity contribution in [2.75, 3.05) is 5.32 Å². The number of carbonyl (C=O) groups is 1. The number of aromatic nitrogens is 1. The summed E-state index contributed by atoms with van der Waals surface area (Å²) in [5.74, 6) is -0.218. The number of thiazole rings is 1. The molecule has 0 fully saturated rings. The molecule has 0 aliphatic carbocycles. The fourth-order valence-corrected chi connectivity index (χ4v) is 2.95. The van der Waals surface area contributed by atoms with Gasteiger partial charge in [0.25, 0.3) is 5.91 Å². The Bertz CT molecular complexity index is 801. The van der Waals surface area contributed by atoms with Gasteiger partial charge in [-0.2, -0.15) is 0 Å². The van der Waals surface area contributed by atoms with Crippen LogP contribution in [0.2, 0.25) is 10.0 Å². The Kier molecular flexibility index (Phi) is 3.61. The van der Waals surface area contributed by atoms with E-state index in [0.29, 0.717) is 21.3 Å². The number of hydrogen-bond acceptors (Lipinski definition) is 3. The molecule has 0 unspecified atom stereocenters. The number of amides is 1. The first-order valence-corrected chi connectivity index (χ1v) is 7.37. The lowest BCUT2D eigenvalue weighted by molar-refractivity contribution is 0.102. The smallest absolute Gasteiger partial charge is 0.255 e. The summed E-state index contributed by atoms with van der Waals surface area (Å²) < 4.78 is 0.972. The van der Waals surface area contributed by atoms with Crippen molar-refractivity contribution in [1.82, 2.24) is 4.98 Å². The summed E-state index contributed by atoms with van der Waals surface area (Å²) in [4.78, 5) is 16.4. The molecule has 100 valence electrons. The Labute approximate surface area is 129 Å². The highest BCUT2D eigenvalue weighted by Crippen LogP contribution is 2.26. The zero-order valence-corrected chi connectivity index (χ0v) is 12.4. The summed E-state index contributed by atoms with van der Waals surface area (Å²) in [6.07, 6.45) is 0. The fourth-order valence-electron chi connectivity index (χ4n) is 1.78. The summed E-state index contributed by atoms with van der Waals surface area (Å²) in [6.45, 7) is 0. The van der Waals surface area contributed by atoms with Gasteiger partial charge >= 0.3 is 0 Å². The van der Waals surface area contributed by atoms with Crippen LogP contribution < -0.4 is 5.32 Å². The molecule has 0 atom stereocenters. The maximum Gasteiger partial charge on any atom is 0.255 e. The van der Waals surface area contributed by atoms with Crippen molar-refractivity contribution in [3.05, 3.63) is 57.5 Å². The Morgan fingerprint density at radius 2 is 2.00 bits per heavy atom. The minimum absolute atomic E-state index is 0.218. The lowest BCUT2D eigenvalue weighted by atomic mass is 10.2. The number of nitrogens with zero attached hydrogens (tertiary/aromatic N) is 1. The van der Waals surface area contributed by atoms with Gasteiger partial charge in [-0.15, -0.1) is 11.3 Å². The third-order valence-electron chi connectivity index (χ3n) is 2.77. The Morgan fingerprint density at radius 1 is 1.15 bits per heavy atom. The molecular formula is C14H8Cl2N2OS. The van der Waals surface area contributed by atoms with E-state index in [1.807, 2.05) is 12.1 Å². The van der Waals surface area contributed by atoms with Gasteiger partial charge in [-0.1, -0.05) is 23.2 Å². The van der Waals surface area contributed by atoms with Gasteiger partial charge in [-0.05, 0) is 36.4 Å². The third-order valence-corrected chi connectivity index (χ3v) is 4.11. The van der Waals surface area contributed by atoms with Gasteiger partial charge in [0.1, 0.15) is 0 Å². The SMILES string of the molecule is O=C(Nc1ccc(Cl)cc1Cl)c1ccc2ncsc2c1. The second-order valence-corrected chi connectivity index (χ2v) is 5.84. The molecule has 1 N–H and O–H groups in total. The molecule has 0 saturated heterocycles. The Morgan fingerprint density at radius 3 is 2.80 bits per heavy atom. The predicted molar refractivity (Wildman–Crippen MR) is 84.0 cm³/mol. The van der Waals surface area contributed by atoms with Crippen molar-refractivity contribution in [3.63, 3.8) is 0 Å². The zero-order chi connectivity index (χ0) is 14.1. The number of fused-ring (bicyclic) bond motifs is 1. The number of rotatable bonds is 2. The molecule has 0 spiro atoms. The van der Waals surface area contributed by atoms with Crippen LogP contribution >= 0.6 is 34.5 Å². The molecule has 0 aliphatic heterocycles. The first kappa shape index (κ1) is 13.4. The molecule has 1 aromatic heterocycles. The van der Waals surface area contributed by atoms with Crippen molar-refractivity contribution < 1.29 is 4.79 Å². The maximum atomic E-state index is 12.2. The van der Waals surface area contributed by atoms with E-state index in [1.54, 1.807) is 29.8 Å². The number of carbonyl (C=O) groups excluding carboxylic acids is 1. The molecule has 2 aromatic carbocycles. The topological polar surface area (TPSA) is 42.0 Å². The van der Waals surface area contributed by atoms with Crippen LogP contribution in [-0.2, 0) is 0 Å². The zero-order valence-electron chi connectivity index (χ0n) is 10.1. The summed E-state index contributed by atoms with van der Waals surface area (Å²) in [7, 11) is 0. The van der Waals surface area contributed by atoms with Gasteiger partial charge in [0.15, 0.2) is 0 Å². The average molecular weight is 323 g/mol. The molecule has 0 radical (unpaired) electrons. The molecule has 0 aliphatic rings. The molecule has 1 amide bonds. The van der Waals surface area contributed by atoms with E-state index >= 15 is 0 Å². The number of anilines is 1. The normalized spacial score (nSPS) is 10.7. The molecule has 3 nitrogen and oxygen atoms in total. The fraction of sp³-hybridized carbons (Fsp3) is 0. The van der Waals surface area contributed by atoms with Crippen LogP contribution in [0.5, 0.6) is 0 Å². The van der Waals surface area contributed by atoms with Crippen LogP contribution in [0.15, 0.2) is 41.9 Å². The van der Waals surface area contributed by atoms with Crippen molar-refractivity contribution in [1.29, 1.82) is 0 Å². The molecule has 20 heavy (non-hydrogen) atoms. The van der Waals surface area contributed by atoms with Crippen LogP contribution in [0, 0.1) is 0 Å². The summed E-state index contributed by atoms with van der Waals surface area (Å²) in [5, 5.41) is 3.70. The van der Waals surface area contributed by atoms with E-state index in [9.17, 15) is 4.79 Å². The first-order valence-electron chi connectivity index (χ1n) is 5.73. The third kappa shape index (κ3) is 2.63. The quantitative estimate of drug-likeness (QED) is 0.732. The predicted octanol–water partition coefficient (Wildman–Crippen LogP) is 4.86. The van der Waals surface area contributed by atoms with E-state index in [1.165, 1.54) is 11.3 Å². The molecule has 1 heterocycles. The molecular weight excluding hydrogens is 315 g/mol. The molecule has 3 rings (SSSR count). The van der Waals surface area contributed by atoms with Crippen molar-refractivity contribution >= 4 is 56.3 Å². The molecule has 6 heteroatoms. The van der Waals surface area contributed by atoms with Crippen molar-refractivity contribution in [3.8, 4) is 0 Å². The Balaban J connectivity index is 1.88. The van der Waals surface area contributed by atoms with E-state index < -0.39 is 0 Å². The van der Waals surface area contributed by atoms with Gasteiger partial charge < -0.3 is 5.32 Å². The molecule has 3 aromatic rings. The summed E-state index contributed by atoms with van der Waals surface area (Å²) >= 11 is 13.3. The van der Waals surface area contributed by atoms with Crippen LogP contribution in [0.3, 0.4) is 0 Å². The van der Waals surface area contributed by atoms with Gasteiger partial charge in [-0.3, -0.25) is 4.79 Å². The second-order valence-electron chi connectivity index (χ2n) is 4.11. The van der Waals surface area contributed by atoms with Crippen LogP contribution in [0.1, 0.15) is 10.4 Å². The highest BCUT2D eigenvalue weighted by Gasteiger charge is 2.10. The summed E-state index contributed by atoms with van der Waals surface area (Å²) in [6, 6.07) is 10.3. The second kappa shape index (κ2) is 5.40. The minimum Gasteiger partial charge on any atom is -0.321 e. The van der Waals surface area contributed by atoms with E-state index in [0.717, 1.165) is 10.2 Å². The lowest BCUT2D eigenvalue weighted by Gasteiger charge is -2.07. The van der Waals surface area contributed by atoms with Crippen LogP contribution in [-0.4, -0.2) is 10.9 Å². The molecule has 0 saturated carbocycles. The number of halogens is 2. The summed E-state index contributed by atoms with van der Waals surface area (Å²) in [5.41, 5.74) is 3.73. The van der Waals surface area contributed by atoms with Gasteiger partial charge in [0, 0.05) is 10.6 Å². The van der Waals surface area contributed by atoms with Crippen LogP contribution in [0.4, 0.5) is 5.69 Å². The van der Waals surface area contributed by atoms with Crippen molar-refractivity contribution in [2.24, 2.45) is 0 Å². The number of hydrogen-bond donors (Lipinski definition) is 1. The largest absolute Gasteiger partial charge is 0.321 e. The van der Waals surface area contributed by atoms with Gasteiger partial charge in [-0.25, -0.2) is 4.98 Å². The van der Waals surface area contributed by atoms with Crippen molar-refractivity contribution in [2.45, 2.75) is 0 Å². The first-order chi connectivity index (χ1) is 9.63. The van der Waals surface area contributed by atoms with E-state index in [2.05, 4.69) is 10.3 Å². The minimum atomic E-state index is -0.218. The van der Waals surface area contributed by atoms with Crippen LogP contribution in [0.25, 0.3) is 10.2 Å². The highest BCUT2D eigenvalue weighted by atomic mass is 35.5. The number of benzene rings is 2. The van der Waals surface area contributed by atoms with Gasteiger partial charge in [0.05, 0.1) is 26.4 Å². The lowest BCUT2D eigenvalue weighted by Crippen LogP contribution is -2.11. The standard InChI is InChI=1S/C14H8Cl2N2OS/c15-9-2-4-11(10(16)6-9)18-14(19)8-1-3-12-13(5-8)20-7-17-12/h1-7H,(H,18,19). The Hall–Kier alpha value is -1.62. The highest BCUT2D eigenvalue weighted by molar-refractivity contribution is 7.16. The maximum absolute atomic E-state index is 12.2.